The average Bonchev–Trinajstić information content (AvgIpc) is 2.35. The van der Waals surface area contributed by atoms with Crippen molar-refractivity contribution < 1.29 is 4.79 Å². The zero-order chi connectivity index (χ0) is 12.8. The van der Waals surface area contributed by atoms with Gasteiger partial charge in [0.15, 0.2) is 0 Å². The third kappa shape index (κ3) is 4.28. The van der Waals surface area contributed by atoms with Crippen LogP contribution < -0.4 is 5.32 Å². The van der Waals surface area contributed by atoms with Crippen molar-refractivity contribution in [3.63, 3.8) is 0 Å². The van der Waals surface area contributed by atoms with Crippen molar-refractivity contribution in [3.05, 3.63) is 0 Å². The molecule has 100 valence electrons. The number of likely N-dealkylation sites (N-methyl/N-ethyl adjacent to an activating group) is 1. The maximum atomic E-state index is 11.9. The predicted octanol–water partition coefficient (Wildman–Crippen LogP) is 0.927. The van der Waals surface area contributed by atoms with Crippen molar-refractivity contribution in [1.82, 2.24) is 15.1 Å². The molecule has 1 unspecified atom stereocenters. The Morgan fingerprint density at radius 1 is 1.41 bits per heavy atom. The van der Waals surface area contributed by atoms with Crippen LogP contribution in [0, 0.1) is 0 Å². The van der Waals surface area contributed by atoms with Crippen molar-refractivity contribution in [2.45, 2.75) is 45.2 Å². The number of amides is 1. The van der Waals surface area contributed by atoms with Crippen LogP contribution in [-0.4, -0.2) is 61.5 Å². The molecular weight excluding hydrogens is 214 g/mol. The molecule has 1 rings (SSSR count). The first kappa shape index (κ1) is 14.5. The number of nitrogens with one attached hydrogen (secondary N) is 1. The maximum absolute atomic E-state index is 11.9. The van der Waals surface area contributed by atoms with Crippen LogP contribution in [0.4, 0.5) is 0 Å². The SMILES string of the molecule is CCCNC1CCN(C(C)C(=O)N(C)C)CC1. The maximum Gasteiger partial charge on any atom is 0.239 e. The van der Waals surface area contributed by atoms with Gasteiger partial charge in [-0.2, -0.15) is 0 Å². The van der Waals surface area contributed by atoms with E-state index < -0.39 is 0 Å². The van der Waals surface area contributed by atoms with E-state index in [2.05, 4.69) is 17.1 Å². The lowest BCUT2D eigenvalue weighted by Crippen LogP contribution is -2.50. The molecule has 1 fully saturated rings. The van der Waals surface area contributed by atoms with Gasteiger partial charge in [0, 0.05) is 33.2 Å². The Balaban J connectivity index is 2.33. The monoisotopic (exact) mass is 241 g/mol. The minimum Gasteiger partial charge on any atom is -0.347 e. The van der Waals surface area contributed by atoms with Gasteiger partial charge in [0.25, 0.3) is 0 Å². The zero-order valence-corrected chi connectivity index (χ0v) is 11.7. The van der Waals surface area contributed by atoms with Crippen molar-refractivity contribution >= 4 is 5.91 Å². The van der Waals surface area contributed by atoms with Crippen molar-refractivity contribution in [1.29, 1.82) is 0 Å². The van der Waals surface area contributed by atoms with Crippen LogP contribution in [-0.2, 0) is 4.79 Å². The first-order chi connectivity index (χ1) is 8.06. The Morgan fingerprint density at radius 3 is 2.47 bits per heavy atom. The topological polar surface area (TPSA) is 35.6 Å². The second-order valence-electron chi connectivity index (χ2n) is 5.17. The highest BCUT2D eigenvalue weighted by Gasteiger charge is 2.26. The second-order valence-corrected chi connectivity index (χ2v) is 5.17. The molecule has 0 aromatic heterocycles. The molecule has 4 nitrogen and oxygen atoms in total. The lowest BCUT2D eigenvalue weighted by Gasteiger charge is -2.36. The minimum atomic E-state index is 0.0251. The molecule has 17 heavy (non-hydrogen) atoms. The van der Waals surface area contributed by atoms with Crippen molar-refractivity contribution in [2.75, 3.05) is 33.7 Å². The van der Waals surface area contributed by atoms with Crippen molar-refractivity contribution in [3.8, 4) is 0 Å². The first-order valence-electron chi connectivity index (χ1n) is 6.74. The third-order valence-electron chi connectivity index (χ3n) is 3.56. The van der Waals surface area contributed by atoms with Gasteiger partial charge in [0.05, 0.1) is 6.04 Å². The number of carbonyl (C=O) groups is 1. The zero-order valence-electron chi connectivity index (χ0n) is 11.7. The molecule has 1 amide bonds. The van der Waals surface area contributed by atoms with Crippen LogP contribution in [0.15, 0.2) is 0 Å². The molecule has 0 aromatic carbocycles. The molecule has 0 aliphatic carbocycles. The molecule has 0 bridgehead atoms. The fourth-order valence-corrected chi connectivity index (χ4v) is 2.37. The number of hydrogen-bond acceptors (Lipinski definition) is 3. The van der Waals surface area contributed by atoms with Gasteiger partial charge >= 0.3 is 0 Å². The molecule has 1 N–H and O–H groups in total. The van der Waals surface area contributed by atoms with E-state index in [1.807, 2.05) is 21.0 Å². The van der Waals surface area contributed by atoms with E-state index in [1.165, 1.54) is 6.42 Å². The fraction of sp³-hybridized carbons (Fsp3) is 0.923. The quantitative estimate of drug-likeness (QED) is 0.778. The summed E-state index contributed by atoms with van der Waals surface area (Å²) in [4.78, 5) is 15.8. The molecule has 1 aliphatic rings. The molecule has 4 heteroatoms. The number of rotatable bonds is 5. The number of likely N-dealkylation sites (tertiary alicyclic amines) is 1. The van der Waals surface area contributed by atoms with E-state index in [0.29, 0.717) is 6.04 Å². The number of nitrogens with zero attached hydrogens (tertiary/aromatic N) is 2. The summed E-state index contributed by atoms with van der Waals surface area (Å²) < 4.78 is 0. The van der Waals surface area contributed by atoms with Crippen LogP contribution >= 0.6 is 0 Å². The minimum absolute atomic E-state index is 0.0251. The Kier molecular flexibility index (Phi) is 5.92. The summed E-state index contributed by atoms with van der Waals surface area (Å²) in [5.41, 5.74) is 0. The summed E-state index contributed by atoms with van der Waals surface area (Å²) in [6.07, 6.45) is 3.51. The lowest BCUT2D eigenvalue weighted by molar-refractivity contribution is -0.134. The summed E-state index contributed by atoms with van der Waals surface area (Å²) >= 11 is 0. The Bertz CT molecular complexity index is 235. The van der Waals surface area contributed by atoms with Crippen LogP contribution in [0.2, 0.25) is 0 Å². The molecule has 1 atom stereocenters. The fourth-order valence-electron chi connectivity index (χ4n) is 2.37. The first-order valence-corrected chi connectivity index (χ1v) is 6.74. The number of piperidine rings is 1. The van der Waals surface area contributed by atoms with E-state index >= 15 is 0 Å². The summed E-state index contributed by atoms with van der Waals surface area (Å²) in [6, 6.07) is 0.671. The Morgan fingerprint density at radius 2 is 2.00 bits per heavy atom. The van der Waals surface area contributed by atoms with Gasteiger partial charge in [-0.15, -0.1) is 0 Å². The van der Waals surface area contributed by atoms with Gasteiger partial charge < -0.3 is 10.2 Å². The largest absolute Gasteiger partial charge is 0.347 e. The van der Waals surface area contributed by atoms with Gasteiger partial charge in [-0.25, -0.2) is 0 Å². The summed E-state index contributed by atoms with van der Waals surface area (Å²) in [5.74, 6) is 0.213. The molecule has 0 spiro atoms. The highest BCUT2D eigenvalue weighted by atomic mass is 16.2. The standard InChI is InChI=1S/C13H27N3O/c1-5-8-14-12-6-9-16(10-7-12)11(2)13(17)15(3)4/h11-12,14H,5-10H2,1-4H3. The molecule has 0 saturated carbocycles. The van der Waals surface area contributed by atoms with Gasteiger partial charge in [0.1, 0.15) is 0 Å². The van der Waals surface area contributed by atoms with E-state index in [1.54, 1.807) is 4.90 Å². The normalized spacial score (nSPS) is 20.2. The lowest BCUT2D eigenvalue weighted by atomic mass is 10.0. The molecule has 1 heterocycles. The highest BCUT2D eigenvalue weighted by Crippen LogP contribution is 2.14. The Hall–Kier alpha value is -0.610. The van der Waals surface area contributed by atoms with E-state index in [0.717, 1.165) is 32.5 Å². The summed E-state index contributed by atoms with van der Waals surface area (Å²) in [5, 5.41) is 3.56. The second kappa shape index (κ2) is 6.97. The number of carbonyl (C=O) groups excluding carboxylic acids is 1. The highest BCUT2D eigenvalue weighted by molar-refractivity contribution is 5.80. The molecule has 0 aromatic rings. The molecule has 0 radical (unpaired) electrons. The Labute approximate surface area is 105 Å². The van der Waals surface area contributed by atoms with E-state index in [-0.39, 0.29) is 11.9 Å². The van der Waals surface area contributed by atoms with Gasteiger partial charge in [0.2, 0.25) is 5.91 Å². The van der Waals surface area contributed by atoms with Crippen LogP contribution in [0.25, 0.3) is 0 Å². The number of hydrogen-bond donors (Lipinski definition) is 1. The van der Waals surface area contributed by atoms with Crippen LogP contribution in [0.1, 0.15) is 33.1 Å². The van der Waals surface area contributed by atoms with E-state index in [4.69, 9.17) is 0 Å². The van der Waals surface area contributed by atoms with Crippen LogP contribution in [0.5, 0.6) is 0 Å². The van der Waals surface area contributed by atoms with Crippen LogP contribution in [0.3, 0.4) is 0 Å². The molecular formula is C13H27N3O. The van der Waals surface area contributed by atoms with Crippen molar-refractivity contribution in [2.24, 2.45) is 0 Å². The summed E-state index contributed by atoms with van der Waals surface area (Å²) in [6.45, 7) is 7.38. The van der Waals surface area contributed by atoms with Gasteiger partial charge in [-0.05, 0) is 32.7 Å². The molecule has 1 aliphatic heterocycles. The van der Waals surface area contributed by atoms with Gasteiger partial charge in [-0.1, -0.05) is 6.92 Å². The smallest absolute Gasteiger partial charge is 0.239 e. The average molecular weight is 241 g/mol. The van der Waals surface area contributed by atoms with E-state index in [9.17, 15) is 4.79 Å². The predicted molar refractivity (Wildman–Crippen MR) is 71.0 cm³/mol. The summed E-state index contributed by atoms with van der Waals surface area (Å²) in [7, 11) is 3.66. The van der Waals surface area contributed by atoms with Gasteiger partial charge in [-0.3, -0.25) is 9.69 Å². The third-order valence-corrected chi connectivity index (χ3v) is 3.56. The molecule has 1 saturated heterocycles.